The molecule has 1 aliphatic rings. The molecule has 5 nitrogen and oxygen atoms in total. The van der Waals surface area contributed by atoms with Crippen LogP contribution in [0.25, 0.3) is 11.3 Å². The van der Waals surface area contributed by atoms with Gasteiger partial charge in [0.15, 0.2) is 0 Å². The molecule has 0 radical (unpaired) electrons. The first-order chi connectivity index (χ1) is 13.7. The molecule has 1 aliphatic heterocycles. The van der Waals surface area contributed by atoms with Gasteiger partial charge in [-0.1, -0.05) is 43.5 Å². The Labute approximate surface area is 170 Å². The second kappa shape index (κ2) is 8.23. The lowest BCUT2D eigenvalue weighted by atomic mass is 10.1. The molecule has 0 bridgehead atoms. The highest BCUT2D eigenvalue weighted by Crippen LogP contribution is 2.29. The van der Waals surface area contributed by atoms with E-state index in [0.29, 0.717) is 17.3 Å². The van der Waals surface area contributed by atoms with Gasteiger partial charge < -0.3 is 9.47 Å². The first kappa shape index (κ1) is 18.8. The van der Waals surface area contributed by atoms with Crippen molar-refractivity contribution in [3.05, 3.63) is 65.6 Å². The van der Waals surface area contributed by atoms with E-state index in [-0.39, 0.29) is 11.9 Å². The third kappa shape index (κ3) is 3.85. The smallest absolute Gasteiger partial charge is 0.272 e. The van der Waals surface area contributed by atoms with Gasteiger partial charge in [-0.3, -0.25) is 9.48 Å². The monoisotopic (exact) mass is 396 g/mol. The summed E-state index contributed by atoms with van der Waals surface area (Å²) in [6.07, 6.45) is 7.35. The number of benzene rings is 1. The Morgan fingerprint density at radius 2 is 1.89 bits per heavy atom. The third-order valence-electron chi connectivity index (χ3n) is 5.34. The highest BCUT2D eigenvalue weighted by Gasteiger charge is 2.32. The fraction of sp³-hybridized carbons (Fsp3) is 0.364. The van der Waals surface area contributed by atoms with Crippen LogP contribution in [0.1, 0.15) is 42.7 Å². The maximum Gasteiger partial charge on any atom is 0.272 e. The number of unbranched alkanes of at least 4 members (excludes halogenated alkanes) is 1. The predicted molar refractivity (Wildman–Crippen MR) is 112 cm³/mol. The number of nitrogens with zero attached hydrogens (tertiary/aromatic N) is 4. The molecule has 0 saturated carbocycles. The molecule has 3 aromatic rings. The number of amides is 1. The van der Waals surface area contributed by atoms with E-state index in [1.54, 1.807) is 0 Å². The largest absolute Gasteiger partial charge is 0.352 e. The zero-order valence-electron chi connectivity index (χ0n) is 16.1. The zero-order valence-corrected chi connectivity index (χ0v) is 16.8. The summed E-state index contributed by atoms with van der Waals surface area (Å²) in [5.74, 6) is 0.0626. The van der Waals surface area contributed by atoms with E-state index < -0.39 is 0 Å². The van der Waals surface area contributed by atoms with E-state index in [9.17, 15) is 4.79 Å². The van der Waals surface area contributed by atoms with Gasteiger partial charge >= 0.3 is 0 Å². The molecule has 146 valence electrons. The van der Waals surface area contributed by atoms with Crippen molar-refractivity contribution in [3.8, 4) is 11.3 Å². The Bertz CT molecular complexity index is 930. The molecular formula is C22H25ClN4O. The van der Waals surface area contributed by atoms with Crippen LogP contribution < -0.4 is 0 Å². The van der Waals surface area contributed by atoms with E-state index in [1.807, 2.05) is 64.4 Å². The maximum absolute atomic E-state index is 13.1. The summed E-state index contributed by atoms with van der Waals surface area (Å²) < 4.78 is 4.06. The molecule has 0 fully saturated rings. The average Bonchev–Trinajstić information content (AvgIpc) is 3.37. The van der Waals surface area contributed by atoms with E-state index in [4.69, 9.17) is 16.7 Å². The van der Waals surface area contributed by atoms with Crippen molar-refractivity contribution in [3.63, 3.8) is 0 Å². The molecule has 0 spiro atoms. The fourth-order valence-corrected chi connectivity index (χ4v) is 3.90. The molecule has 2 aromatic heterocycles. The van der Waals surface area contributed by atoms with Crippen LogP contribution in [-0.4, -0.2) is 38.2 Å². The van der Waals surface area contributed by atoms with E-state index in [0.717, 1.165) is 43.6 Å². The van der Waals surface area contributed by atoms with Crippen molar-refractivity contribution in [2.45, 2.75) is 38.8 Å². The molecule has 6 heteroatoms. The van der Waals surface area contributed by atoms with Crippen molar-refractivity contribution in [1.82, 2.24) is 19.2 Å². The van der Waals surface area contributed by atoms with E-state index in [2.05, 4.69) is 11.5 Å². The molecule has 4 rings (SSSR count). The quantitative estimate of drug-likeness (QED) is 0.570. The van der Waals surface area contributed by atoms with Crippen LogP contribution in [0.2, 0.25) is 5.02 Å². The number of rotatable bonds is 7. The van der Waals surface area contributed by atoms with Crippen molar-refractivity contribution in [1.29, 1.82) is 0 Å². The lowest BCUT2D eigenvalue weighted by Crippen LogP contribution is -2.44. The molecule has 1 atom stereocenters. The number of halogens is 1. The summed E-state index contributed by atoms with van der Waals surface area (Å²) in [6.45, 7) is 4.42. The Kier molecular flexibility index (Phi) is 5.53. The van der Waals surface area contributed by atoms with Gasteiger partial charge in [0, 0.05) is 42.6 Å². The standard InChI is InChI=1S/C22H25ClN4O/c1-2-3-6-19-16-26(14-13-25-11-4-5-12-25)22(28)21-15-20(24-27(19)21)17-7-9-18(23)10-8-17/h4-5,7-12,15,19H,2-3,6,13-14,16H2,1H3. The number of hydrogen-bond acceptors (Lipinski definition) is 2. The number of carbonyl (C=O) groups excluding carboxylic acids is 1. The van der Waals surface area contributed by atoms with Gasteiger partial charge in [0.05, 0.1) is 11.7 Å². The topological polar surface area (TPSA) is 43.1 Å². The van der Waals surface area contributed by atoms with Crippen molar-refractivity contribution in [2.75, 3.05) is 13.1 Å². The molecule has 1 aromatic carbocycles. The van der Waals surface area contributed by atoms with E-state index in [1.165, 1.54) is 0 Å². The fourth-order valence-electron chi connectivity index (χ4n) is 3.77. The summed E-state index contributed by atoms with van der Waals surface area (Å²) in [4.78, 5) is 15.1. The van der Waals surface area contributed by atoms with Crippen molar-refractivity contribution < 1.29 is 4.79 Å². The van der Waals surface area contributed by atoms with Gasteiger partial charge in [0.2, 0.25) is 0 Å². The zero-order chi connectivity index (χ0) is 19.5. The summed E-state index contributed by atoms with van der Waals surface area (Å²) in [5, 5.41) is 5.50. The SMILES string of the molecule is CCCCC1CN(CCn2cccc2)C(=O)c2cc(-c3ccc(Cl)cc3)nn21. The molecule has 1 unspecified atom stereocenters. The Balaban J connectivity index is 1.61. The van der Waals surface area contributed by atoms with E-state index >= 15 is 0 Å². The minimum atomic E-state index is 0.0626. The molecular weight excluding hydrogens is 372 g/mol. The van der Waals surface area contributed by atoms with Gasteiger partial charge in [0.1, 0.15) is 5.69 Å². The highest BCUT2D eigenvalue weighted by molar-refractivity contribution is 6.30. The van der Waals surface area contributed by atoms with Crippen LogP contribution in [-0.2, 0) is 6.54 Å². The highest BCUT2D eigenvalue weighted by atomic mass is 35.5. The Morgan fingerprint density at radius 3 is 2.61 bits per heavy atom. The van der Waals surface area contributed by atoms with Crippen LogP contribution in [0.15, 0.2) is 54.9 Å². The number of hydrogen-bond donors (Lipinski definition) is 0. The van der Waals surface area contributed by atoms with Gasteiger partial charge in [-0.15, -0.1) is 0 Å². The Morgan fingerprint density at radius 1 is 1.14 bits per heavy atom. The summed E-state index contributed by atoms with van der Waals surface area (Å²) in [6, 6.07) is 13.8. The summed E-state index contributed by atoms with van der Waals surface area (Å²) >= 11 is 6.01. The number of aromatic nitrogens is 3. The molecule has 3 heterocycles. The van der Waals surface area contributed by atoms with Crippen LogP contribution >= 0.6 is 11.6 Å². The Hall–Kier alpha value is -2.53. The van der Waals surface area contributed by atoms with Gasteiger partial charge in [0.25, 0.3) is 5.91 Å². The van der Waals surface area contributed by atoms with Crippen LogP contribution in [0.5, 0.6) is 0 Å². The molecule has 28 heavy (non-hydrogen) atoms. The second-order valence-corrected chi connectivity index (χ2v) is 7.77. The summed E-state index contributed by atoms with van der Waals surface area (Å²) in [5.41, 5.74) is 2.49. The van der Waals surface area contributed by atoms with Crippen molar-refractivity contribution in [2.24, 2.45) is 0 Å². The van der Waals surface area contributed by atoms with Crippen LogP contribution in [0.4, 0.5) is 0 Å². The lowest BCUT2D eigenvalue weighted by molar-refractivity contribution is 0.0644. The molecule has 1 amide bonds. The predicted octanol–water partition coefficient (Wildman–Crippen LogP) is 4.89. The lowest BCUT2D eigenvalue weighted by Gasteiger charge is -2.33. The minimum Gasteiger partial charge on any atom is -0.352 e. The first-order valence-corrected chi connectivity index (χ1v) is 10.3. The second-order valence-electron chi connectivity index (χ2n) is 7.33. The number of carbonyl (C=O) groups is 1. The van der Waals surface area contributed by atoms with Crippen LogP contribution in [0.3, 0.4) is 0 Å². The van der Waals surface area contributed by atoms with Crippen molar-refractivity contribution >= 4 is 17.5 Å². The summed E-state index contributed by atoms with van der Waals surface area (Å²) in [7, 11) is 0. The normalized spacial score (nSPS) is 16.4. The average molecular weight is 397 g/mol. The molecule has 0 saturated heterocycles. The number of fused-ring (bicyclic) bond motifs is 1. The van der Waals surface area contributed by atoms with Gasteiger partial charge in [-0.05, 0) is 36.8 Å². The maximum atomic E-state index is 13.1. The third-order valence-corrected chi connectivity index (χ3v) is 5.60. The molecule has 0 aliphatic carbocycles. The first-order valence-electron chi connectivity index (χ1n) is 9.91. The minimum absolute atomic E-state index is 0.0626. The van der Waals surface area contributed by atoms with Gasteiger partial charge in [-0.2, -0.15) is 5.10 Å². The van der Waals surface area contributed by atoms with Crippen LogP contribution in [0, 0.1) is 0 Å². The molecule has 0 N–H and O–H groups in total. The van der Waals surface area contributed by atoms with Gasteiger partial charge in [-0.25, -0.2) is 0 Å².